The Balaban J connectivity index is 1.68. The van der Waals surface area contributed by atoms with Gasteiger partial charge in [0.2, 0.25) is 0 Å². The van der Waals surface area contributed by atoms with E-state index in [4.69, 9.17) is 0 Å². The number of hydrogen-bond donors (Lipinski definition) is 2. The minimum Gasteiger partial charge on any atom is -0.481 e. The Morgan fingerprint density at radius 1 is 1.16 bits per heavy atom. The normalized spacial score (nSPS) is 55.6. The van der Waals surface area contributed by atoms with Crippen LogP contribution >= 0.6 is 0 Å². The van der Waals surface area contributed by atoms with Crippen molar-refractivity contribution in [3.05, 3.63) is 0 Å². The molecule has 4 aliphatic carbocycles. The Bertz CT molecular complexity index is 603. The summed E-state index contributed by atoms with van der Waals surface area (Å²) in [5.74, 6) is 2.39. The van der Waals surface area contributed by atoms with Crippen LogP contribution in [0.2, 0.25) is 0 Å². The van der Waals surface area contributed by atoms with Crippen molar-refractivity contribution in [3.63, 3.8) is 0 Å². The van der Waals surface area contributed by atoms with Crippen molar-refractivity contribution in [3.8, 4) is 0 Å². The molecule has 8 atom stereocenters. The lowest BCUT2D eigenvalue weighted by Gasteiger charge is -2.76. The van der Waals surface area contributed by atoms with Gasteiger partial charge in [0.25, 0.3) is 0 Å². The zero-order valence-electron chi connectivity index (χ0n) is 16.2. The van der Waals surface area contributed by atoms with Crippen LogP contribution in [0.1, 0.15) is 78.6 Å². The first-order valence-electron chi connectivity index (χ1n) is 10.8. The Kier molecular flexibility index (Phi) is 3.34. The van der Waals surface area contributed by atoms with Crippen molar-refractivity contribution in [2.24, 2.45) is 39.9 Å². The first-order chi connectivity index (χ1) is 11.9. The molecule has 6 fully saturated rings. The predicted molar refractivity (Wildman–Crippen MR) is 98.2 cm³/mol. The molecule has 0 aromatic carbocycles. The van der Waals surface area contributed by atoms with Crippen LogP contribution in [0, 0.1) is 39.9 Å². The predicted octanol–water partition coefficient (Wildman–Crippen LogP) is 4.46. The highest BCUT2D eigenvalue weighted by Crippen LogP contribution is 2.80. The molecule has 6 aliphatic rings. The zero-order chi connectivity index (χ0) is 17.6. The summed E-state index contributed by atoms with van der Waals surface area (Å²) < 4.78 is 0. The van der Waals surface area contributed by atoms with E-state index in [9.17, 15) is 9.90 Å². The summed E-state index contributed by atoms with van der Waals surface area (Å²) in [4.78, 5) is 11.6. The summed E-state index contributed by atoms with van der Waals surface area (Å²) in [5.41, 5.74) is 1.10. The maximum absolute atomic E-state index is 11.6. The first-order valence-corrected chi connectivity index (χ1v) is 10.8. The Hall–Kier alpha value is -0.570. The second-order valence-electron chi connectivity index (χ2n) is 10.7. The van der Waals surface area contributed by atoms with Gasteiger partial charge in [-0.2, -0.15) is 0 Å². The summed E-state index contributed by atoms with van der Waals surface area (Å²) in [7, 11) is 0. The van der Waals surface area contributed by atoms with E-state index < -0.39 is 5.97 Å². The lowest BCUT2D eigenvalue weighted by atomic mass is 9.33. The second-order valence-corrected chi connectivity index (χ2v) is 10.7. The van der Waals surface area contributed by atoms with Gasteiger partial charge in [-0.25, -0.2) is 0 Å². The molecular formula is C22H35NO2. The molecule has 1 spiro atoms. The molecule has 0 aromatic heterocycles. The average molecular weight is 346 g/mol. The van der Waals surface area contributed by atoms with E-state index >= 15 is 0 Å². The van der Waals surface area contributed by atoms with Crippen molar-refractivity contribution >= 4 is 5.97 Å². The van der Waals surface area contributed by atoms with Gasteiger partial charge in [-0.05, 0) is 84.9 Å². The third-order valence-electron chi connectivity index (χ3n) is 10.2. The number of hydrogen-bond acceptors (Lipinski definition) is 2. The fourth-order valence-corrected chi connectivity index (χ4v) is 9.52. The van der Waals surface area contributed by atoms with E-state index in [1.54, 1.807) is 0 Å². The molecule has 6 rings (SSSR count). The van der Waals surface area contributed by atoms with Crippen molar-refractivity contribution < 1.29 is 9.90 Å². The van der Waals surface area contributed by atoms with Gasteiger partial charge in [-0.1, -0.05) is 27.2 Å². The largest absolute Gasteiger partial charge is 0.481 e. The summed E-state index contributed by atoms with van der Waals surface area (Å²) in [6.07, 6.45) is 10.9. The standard InChI is InChI=1S/C22H35NO2/c1-13(2)14-6-10-20(3)15-7-11-21-9-4-5-16(21)22(20,12-8-17(24)25)18(14)23-19(15)21/h13-16,18-19,23H,4-12H2,1-3H3,(H,24,25)/t14-,15+,16-,18+,19-,20+,21-,22+/m1/s1. The van der Waals surface area contributed by atoms with Crippen LogP contribution in [-0.2, 0) is 4.79 Å². The van der Waals surface area contributed by atoms with E-state index in [0.29, 0.717) is 29.2 Å². The van der Waals surface area contributed by atoms with Gasteiger partial charge in [-0.3, -0.25) is 4.79 Å². The number of rotatable bonds is 4. The van der Waals surface area contributed by atoms with Crippen LogP contribution in [0.3, 0.4) is 0 Å². The van der Waals surface area contributed by atoms with Crippen LogP contribution in [0.4, 0.5) is 0 Å². The molecule has 140 valence electrons. The lowest BCUT2D eigenvalue weighted by Crippen LogP contribution is -2.80. The number of carboxylic acids is 1. The number of carboxylic acid groups (broad SMARTS) is 1. The summed E-state index contributed by atoms with van der Waals surface area (Å²) in [6.45, 7) is 7.37. The van der Waals surface area contributed by atoms with E-state index in [-0.39, 0.29) is 5.41 Å². The molecule has 2 heterocycles. The number of piperidine rings is 2. The first kappa shape index (κ1) is 16.6. The molecule has 0 aromatic rings. The minimum absolute atomic E-state index is 0.227. The quantitative estimate of drug-likeness (QED) is 0.791. The number of aliphatic carboxylic acids is 1. The van der Waals surface area contributed by atoms with Crippen molar-refractivity contribution in [2.75, 3.05) is 0 Å². The maximum Gasteiger partial charge on any atom is 0.303 e. The molecule has 2 aliphatic heterocycles. The molecule has 2 N–H and O–H groups in total. The average Bonchev–Trinajstić information content (AvgIpc) is 3.12. The third-order valence-corrected chi connectivity index (χ3v) is 10.2. The number of nitrogens with one attached hydrogen (secondary N) is 1. The fraction of sp³-hybridized carbons (Fsp3) is 0.955. The maximum atomic E-state index is 11.6. The molecule has 2 saturated heterocycles. The topological polar surface area (TPSA) is 49.3 Å². The van der Waals surface area contributed by atoms with Crippen LogP contribution in [0.5, 0.6) is 0 Å². The summed E-state index contributed by atoms with van der Waals surface area (Å²) in [5, 5.41) is 13.8. The van der Waals surface area contributed by atoms with Gasteiger partial charge in [0.05, 0.1) is 0 Å². The van der Waals surface area contributed by atoms with Crippen LogP contribution in [-0.4, -0.2) is 23.2 Å². The smallest absolute Gasteiger partial charge is 0.303 e. The molecule has 0 radical (unpaired) electrons. The van der Waals surface area contributed by atoms with Gasteiger partial charge in [0.1, 0.15) is 0 Å². The fourth-order valence-electron chi connectivity index (χ4n) is 9.52. The molecule has 25 heavy (non-hydrogen) atoms. The van der Waals surface area contributed by atoms with Gasteiger partial charge in [0, 0.05) is 18.5 Å². The molecule has 0 unspecified atom stereocenters. The van der Waals surface area contributed by atoms with Crippen molar-refractivity contribution in [2.45, 2.75) is 90.6 Å². The minimum atomic E-state index is -0.593. The number of carbonyl (C=O) groups is 1. The SMILES string of the molecule is CC(C)[C@H]1CC[C@@]2(C)[C@H]3CC[C@]45CCC[C@H]4[C@@]2(CCC(=O)O)[C@H]1N[C@H]35. The Morgan fingerprint density at radius 3 is 2.68 bits per heavy atom. The van der Waals surface area contributed by atoms with E-state index in [1.165, 1.54) is 44.9 Å². The second kappa shape index (κ2) is 5.03. The highest BCUT2D eigenvalue weighted by Gasteiger charge is 2.79. The zero-order valence-corrected chi connectivity index (χ0v) is 16.2. The lowest BCUT2D eigenvalue weighted by molar-refractivity contribution is -0.247. The van der Waals surface area contributed by atoms with Gasteiger partial charge < -0.3 is 10.4 Å². The highest BCUT2D eigenvalue weighted by molar-refractivity contribution is 5.66. The van der Waals surface area contributed by atoms with Crippen LogP contribution < -0.4 is 5.32 Å². The van der Waals surface area contributed by atoms with E-state index in [2.05, 4.69) is 26.1 Å². The van der Waals surface area contributed by atoms with E-state index in [1.807, 2.05) is 0 Å². The summed E-state index contributed by atoms with van der Waals surface area (Å²) in [6, 6.07) is 1.28. The van der Waals surface area contributed by atoms with Gasteiger partial charge in [-0.15, -0.1) is 0 Å². The highest BCUT2D eigenvalue weighted by atomic mass is 16.4. The molecule has 0 amide bonds. The third kappa shape index (κ3) is 1.71. The van der Waals surface area contributed by atoms with Crippen LogP contribution in [0.15, 0.2) is 0 Å². The molecule has 3 heteroatoms. The van der Waals surface area contributed by atoms with Crippen molar-refractivity contribution in [1.82, 2.24) is 5.32 Å². The molecular weight excluding hydrogens is 310 g/mol. The van der Waals surface area contributed by atoms with Gasteiger partial charge >= 0.3 is 5.97 Å². The molecule has 4 saturated carbocycles. The Labute approximate surface area is 152 Å². The molecule has 6 bridgehead atoms. The monoisotopic (exact) mass is 345 g/mol. The Morgan fingerprint density at radius 2 is 1.96 bits per heavy atom. The summed E-state index contributed by atoms with van der Waals surface area (Å²) >= 11 is 0. The van der Waals surface area contributed by atoms with Gasteiger partial charge in [0.15, 0.2) is 0 Å². The molecule has 3 nitrogen and oxygen atoms in total. The van der Waals surface area contributed by atoms with Crippen LogP contribution in [0.25, 0.3) is 0 Å². The van der Waals surface area contributed by atoms with Crippen molar-refractivity contribution in [1.29, 1.82) is 0 Å². The van der Waals surface area contributed by atoms with E-state index in [0.717, 1.165) is 30.2 Å².